The fourth-order valence-corrected chi connectivity index (χ4v) is 3.28. The zero-order valence-electron chi connectivity index (χ0n) is 14.6. The molecule has 1 aromatic carbocycles. The minimum absolute atomic E-state index is 0.00292. The van der Waals surface area contributed by atoms with Gasteiger partial charge in [-0.1, -0.05) is 18.2 Å². The Balaban J connectivity index is 1.75. The van der Waals surface area contributed by atoms with Crippen LogP contribution in [0.15, 0.2) is 30.6 Å². The zero-order chi connectivity index (χ0) is 20.0. The zero-order valence-corrected chi connectivity index (χ0v) is 14.6. The summed E-state index contributed by atoms with van der Waals surface area (Å²) >= 11 is 0. The number of nitrogen functional groups attached to an aromatic ring is 1. The molecule has 2 aromatic heterocycles. The minimum Gasteiger partial charge on any atom is -0.465 e. The van der Waals surface area contributed by atoms with E-state index in [1.807, 2.05) is 0 Å². The number of carbonyl (C=O) groups is 1. The van der Waals surface area contributed by atoms with Gasteiger partial charge >= 0.3 is 12.0 Å². The fourth-order valence-electron chi connectivity index (χ4n) is 3.28. The van der Waals surface area contributed by atoms with Crippen molar-refractivity contribution in [2.24, 2.45) is 0 Å². The Morgan fingerprint density at radius 3 is 2.79 bits per heavy atom. The number of imidazole rings is 1. The fraction of sp³-hybridized carbons (Fsp3) is 0.294. The second kappa shape index (κ2) is 6.78. The Hall–Kier alpha value is -3.15. The van der Waals surface area contributed by atoms with E-state index in [0.29, 0.717) is 5.56 Å². The van der Waals surface area contributed by atoms with Crippen LogP contribution in [0.4, 0.5) is 10.2 Å². The van der Waals surface area contributed by atoms with Crippen LogP contribution in [0, 0.1) is 6.08 Å². The number of rotatable bonds is 3. The highest BCUT2D eigenvalue weighted by molar-refractivity contribution is 5.91. The first-order valence-electron chi connectivity index (χ1n) is 8.26. The van der Waals surface area contributed by atoms with Crippen LogP contribution in [0.2, 0.25) is 0 Å². The highest BCUT2D eigenvalue weighted by Crippen LogP contribution is 2.41. The van der Waals surface area contributed by atoms with Crippen molar-refractivity contribution in [3.05, 3.63) is 47.8 Å². The van der Waals surface area contributed by atoms with Crippen molar-refractivity contribution < 1.29 is 28.9 Å². The molecular formula is C17H16FN5O5. The molecule has 0 bridgehead atoms. The number of aliphatic hydroxyl groups excluding tert-OH is 2. The molecule has 3 heterocycles. The average Bonchev–Trinajstić information content (AvgIpc) is 3.23. The number of carbonyl (C=O) groups excluding carboxylic acids is 1. The standard InChI is InChI=1S/C17H16FN5O5/c1-27-16(26)8-5-3-2-4-7(8)12-10(24)11(25)15(28-12)23-6-20-9-13(19)21-17(18)22-14(9)23/h2-6,10-12,15,24-25H,1H3,(H2,19,21,22)/t10-,11+,12+,15+/m0/s1. The van der Waals surface area contributed by atoms with Crippen LogP contribution in [0.1, 0.15) is 28.3 Å². The number of anilines is 1. The molecule has 3 aromatic rings. The molecule has 11 heteroatoms. The Morgan fingerprint density at radius 1 is 1.29 bits per heavy atom. The van der Waals surface area contributed by atoms with Crippen molar-refractivity contribution in [1.29, 1.82) is 0 Å². The van der Waals surface area contributed by atoms with Gasteiger partial charge in [-0.15, -0.1) is 0 Å². The quantitative estimate of drug-likeness (QED) is 0.426. The molecule has 1 aliphatic heterocycles. The molecule has 10 nitrogen and oxygen atoms in total. The molecule has 146 valence electrons. The van der Waals surface area contributed by atoms with Crippen LogP contribution in [-0.2, 0) is 9.47 Å². The van der Waals surface area contributed by atoms with Crippen molar-refractivity contribution in [2.45, 2.75) is 24.5 Å². The summed E-state index contributed by atoms with van der Waals surface area (Å²) in [7, 11) is 1.24. The number of esters is 1. The van der Waals surface area contributed by atoms with Crippen molar-refractivity contribution in [3.8, 4) is 0 Å². The molecule has 4 atom stereocenters. The molecule has 4 N–H and O–H groups in total. The van der Waals surface area contributed by atoms with Gasteiger partial charge in [0.15, 0.2) is 23.2 Å². The largest absolute Gasteiger partial charge is 0.465 e. The lowest BCUT2D eigenvalue weighted by Crippen LogP contribution is -2.29. The van der Waals surface area contributed by atoms with Gasteiger partial charge in [0, 0.05) is 0 Å². The van der Waals surface area contributed by atoms with Crippen LogP contribution >= 0.6 is 0 Å². The molecule has 0 saturated carbocycles. The van der Waals surface area contributed by atoms with Gasteiger partial charge < -0.3 is 25.4 Å². The van der Waals surface area contributed by atoms with E-state index in [1.165, 1.54) is 24.1 Å². The second-order valence-electron chi connectivity index (χ2n) is 6.21. The lowest BCUT2D eigenvalue weighted by atomic mass is 9.97. The number of benzene rings is 1. The monoisotopic (exact) mass is 389 g/mol. The van der Waals surface area contributed by atoms with Crippen molar-refractivity contribution in [2.75, 3.05) is 12.8 Å². The van der Waals surface area contributed by atoms with Crippen LogP contribution < -0.4 is 5.73 Å². The van der Waals surface area contributed by atoms with Gasteiger partial charge in [0.25, 0.3) is 0 Å². The Labute approximate surface area is 157 Å². The number of methoxy groups -OCH3 is 1. The first-order chi connectivity index (χ1) is 13.4. The normalized spacial score (nSPS) is 24.6. The second-order valence-corrected chi connectivity index (χ2v) is 6.21. The number of aliphatic hydroxyl groups is 2. The lowest BCUT2D eigenvalue weighted by Gasteiger charge is -2.18. The van der Waals surface area contributed by atoms with Crippen LogP contribution in [-0.4, -0.2) is 55.0 Å². The average molecular weight is 389 g/mol. The van der Waals surface area contributed by atoms with Crippen molar-refractivity contribution >= 4 is 23.0 Å². The molecule has 0 radical (unpaired) electrons. The molecule has 0 amide bonds. The van der Waals surface area contributed by atoms with E-state index in [0.717, 1.165) is 0 Å². The van der Waals surface area contributed by atoms with Gasteiger partial charge in [0.1, 0.15) is 18.3 Å². The molecular weight excluding hydrogens is 373 g/mol. The maximum atomic E-state index is 13.6. The van der Waals surface area contributed by atoms with Crippen LogP contribution in [0.25, 0.3) is 11.2 Å². The van der Waals surface area contributed by atoms with Gasteiger partial charge in [-0.05, 0) is 11.6 Å². The number of ether oxygens (including phenoxy) is 2. The number of aromatic nitrogens is 4. The van der Waals surface area contributed by atoms with Gasteiger partial charge in [-0.25, -0.2) is 9.78 Å². The number of hydrogen-bond donors (Lipinski definition) is 3. The molecule has 28 heavy (non-hydrogen) atoms. The summed E-state index contributed by atoms with van der Waals surface area (Å²) in [6, 6.07) is 6.40. The molecule has 4 rings (SSSR count). The van der Waals surface area contributed by atoms with Crippen LogP contribution in [0.3, 0.4) is 0 Å². The van der Waals surface area contributed by atoms with Gasteiger partial charge in [0.05, 0.1) is 19.0 Å². The highest BCUT2D eigenvalue weighted by atomic mass is 19.1. The number of fused-ring (bicyclic) bond motifs is 1. The summed E-state index contributed by atoms with van der Waals surface area (Å²) in [6.07, 6.45) is -4.79. The Bertz CT molecular complexity index is 1060. The van der Waals surface area contributed by atoms with E-state index in [2.05, 4.69) is 15.0 Å². The third-order valence-corrected chi connectivity index (χ3v) is 4.61. The molecule has 1 aliphatic rings. The van der Waals surface area contributed by atoms with E-state index in [4.69, 9.17) is 15.2 Å². The van der Waals surface area contributed by atoms with Gasteiger partial charge in [-0.3, -0.25) is 4.57 Å². The van der Waals surface area contributed by atoms with E-state index in [1.54, 1.807) is 18.2 Å². The summed E-state index contributed by atoms with van der Waals surface area (Å²) < 4.78 is 25.4. The first kappa shape index (κ1) is 18.2. The summed E-state index contributed by atoms with van der Waals surface area (Å²) in [6.45, 7) is 0. The van der Waals surface area contributed by atoms with Crippen molar-refractivity contribution in [3.63, 3.8) is 0 Å². The lowest BCUT2D eigenvalue weighted by molar-refractivity contribution is -0.0362. The predicted molar refractivity (Wildman–Crippen MR) is 92.4 cm³/mol. The van der Waals surface area contributed by atoms with E-state index >= 15 is 0 Å². The third kappa shape index (κ3) is 2.76. The summed E-state index contributed by atoms with van der Waals surface area (Å²) in [5.74, 6) is -0.776. The Kier molecular flexibility index (Phi) is 4.41. The Morgan fingerprint density at radius 2 is 2.04 bits per heavy atom. The number of halogens is 1. The van der Waals surface area contributed by atoms with E-state index in [9.17, 15) is 19.4 Å². The molecule has 1 fully saturated rings. The minimum atomic E-state index is -1.41. The van der Waals surface area contributed by atoms with Gasteiger partial charge in [-0.2, -0.15) is 14.4 Å². The molecule has 1 saturated heterocycles. The third-order valence-electron chi connectivity index (χ3n) is 4.61. The summed E-state index contributed by atoms with van der Waals surface area (Å²) in [4.78, 5) is 23.1. The molecule has 0 spiro atoms. The van der Waals surface area contributed by atoms with Crippen LogP contribution in [0.5, 0.6) is 0 Å². The maximum Gasteiger partial charge on any atom is 0.338 e. The topological polar surface area (TPSA) is 146 Å². The highest BCUT2D eigenvalue weighted by Gasteiger charge is 2.46. The SMILES string of the molecule is COC(=O)c1ccccc1[C@H]1O[C@@H](n2cnc3c(N)nc(F)nc32)[C@H](O)[C@@H]1O. The smallest absolute Gasteiger partial charge is 0.338 e. The number of nitrogens with two attached hydrogens (primary N) is 1. The van der Waals surface area contributed by atoms with Crippen molar-refractivity contribution in [1.82, 2.24) is 19.5 Å². The van der Waals surface area contributed by atoms with E-state index < -0.39 is 36.6 Å². The van der Waals surface area contributed by atoms with Gasteiger partial charge in [0.2, 0.25) is 0 Å². The number of nitrogens with zero attached hydrogens (tertiary/aromatic N) is 4. The maximum absolute atomic E-state index is 13.6. The molecule has 0 aliphatic carbocycles. The molecule has 0 unspecified atom stereocenters. The summed E-state index contributed by atoms with van der Waals surface area (Å²) in [5.41, 5.74) is 6.31. The van der Waals surface area contributed by atoms with E-state index in [-0.39, 0.29) is 22.5 Å². The first-order valence-corrected chi connectivity index (χ1v) is 8.26. The predicted octanol–water partition coefficient (Wildman–Crippen LogP) is 0.326. The number of hydrogen-bond acceptors (Lipinski definition) is 9. The summed E-state index contributed by atoms with van der Waals surface area (Å²) in [5, 5.41) is 21.1.